The molecule has 0 amide bonds. The van der Waals surface area contributed by atoms with Crippen molar-refractivity contribution in [2.45, 2.75) is 0 Å². The molecule has 0 bridgehead atoms. The maximum Gasteiger partial charge on any atom is 0.139 e. The van der Waals surface area contributed by atoms with Crippen LogP contribution in [0.15, 0.2) is 243 Å². The molecule has 0 radical (unpaired) electrons. The number of hydrogen-bond donors (Lipinski definition) is 0. The van der Waals surface area contributed by atoms with Crippen molar-refractivity contribution in [1.29, 1.82) is 0 Å². The smallest absolute Gasteiger partial charge is 0.139 e. The Morgan fingerprint density at radius 1 is 0.278 bits per heavy atom. The van der Waals surface area contributed by atoms with Crippen LogP contribution in [0.25, 0.3) is 117 Å². The molecule has 1 aliphatic heterocycles. The average Bonchev–Trinajstić information content (AvgIpc) is 3.78. The summed E-state index contributed by atoms with van der Waals surface area (Å²) in [7, 11) is 0. The van der Waals surface area contributed by atoms with Crippen molar-refractivity contribution in [2.75, 3.05) is 4.90 Å². The van der Waals surface area contributed by atoms with Gasteiger partial charge in [0.25, 0.3) is 0 Å². The summed E-state index contributed by atoms with van der Waals surface area (Å²) in [5, 5.41) is 4.50. The molecule has 72 heavy (non-hydrogen) atoms. The Morgan fingerprint density at radius 2 is 0.833 bits per heavy atom. The Balaban J connectivity index is 1.11. The molecule has 0 atom stereocenters. The maximum absolute atomic E-state index is 5.53. The molecule has 8 nitrogen and oxygen atoms in total. The summed E-state index contributed by atoms with van der Waals surface area (Å²) in [6.07, 6.45) is 7.30. The van der Waals surface area contributed by atoms with Crippen molar-refractivity contribution in [1.82, 2.24) is 34.5 Å². The van der Waals surface area contributed by atoms with E-state index in [4.69, 9.17) is 29.9 Å². The van der Waals surface area contributed by atoms with E-state index in [1.54, 1.807) is 0 Å². The van der Waals surface area contributed by atoms with Gasteiger partial charge in [-0.05, 0) is 136 Å². The molecule has 1 aliphatic rings. The molecule has 7 aromatic heterocycles. The zero-order chi connectivity index (χ0) is 47.5. The highest BCUT2D eigenvalue weighted by Gasteiger charge is 2.31. The molecule has 8 heterocycles. The lowest BCUT2D eigenvalue weighted by Crippen LogP contribution is -2.17. The fraction of sp³-hybridized carbons (Fsp3) is 0. The number of fused-ring (bicyclic) bond motifs is 5. The van der Waals surface area contributed by atoms with Crippen LogP contribution in [0.5, 0.6) is 0 Å². The summed E-state index contributed by atoms with van der Waals surface area (Å²) in [6.45, 7) is 0. The predicted molar refractivity (Wildman–Crippen MR) is 291 cm³/mol. The third kappa shape index (κ3) is 6.92. The first-order valence-electron chi connectivity index (χ1n) is 24.0. The van der Waals surface area contributed by atoms with E-state index in [0.29, 0.717) is 0 Å². The van der Waals surface area contributed by atoms with Gasteiger partial charge in [-0.1, -0.05) is 115 Å². The molecule has 0 fully saturated rings. The fourth-order valence-corrected chi connectivity index (χ4v) is 10.5. The van der Waals surface area contributed by atoms with Crippen LogP contribution in [0.3, 0.4) is 0 Å². The van der Waals surface area contributed by atoms with Crippen LogP contribution in [0.2, 0.25) is 0 Å². The van der Waals surface area contributed by atoms with Crippen LogP contribution in [0.1, 0.15) is 0 Å². The van der Waals surface area contributed by atoms with Gasteiger partial charge in [0.15, 0.2) is 0 Å². The largest absolute Gasteiger partial charge is 0.294 e. The highest BCUT2D eigenvalue weighted by molar-refractivity contribution is 6.21. The monoisotopic (exact) mass is 920 g/mol. The molecule has 0 unspecified atom stereocenters. The van der Waals surface area contributed by atoms with Gasteiger partial charge in [-0.25, -0.2) is 9.97 Å². The molecule has 8 heteroatoms. The first-order valence-corrected chi connectivity index (χ1v) is 24.0. The molecule has 6 aromatic carbocycles. The number of rotatable bonds is 8. The van der Waals surface area contributed by atoms with Crippen LogP contribution in [0, 0.1) is 0 Å². The lowest BCUT2D eigenvalue weighted by atomic mass is 9.86. The number of anilines is 3. The van der Waals surface area contributed by atoms with Gasteiger partial charge in [-0.2, -0.15) is 0 Å². The van der Waals surface area contributed by atoms with E-state index in [2.05, 4.69) is 155 Å². The summed E-state index contributed by atoms with van der Waals surface area (Å²) in [6, 6.07) is 76.4. The van der Waals surface area contributed by atoms with Gasteiger partial charge in [-0.15, -0.1) is 0 Å². The maximum atomic E-state index is 5.53. The second kappa shape index (κ2) is 16.9. The predicted octanol–water partition coefficient (Wildman–Crippen LogP) is 15.8. The van der Waals surface area contributed by atoms with Crippen LogP contribution in [-0.2, 0) is 0 Å². The number of nitrogens with zero attached hydrogens (tertiary/aromatic N) is 8. The van der Waals surface area contributed by atoms with Crippen molar-refractivity contribution in [3.63, 3.8) is 0 Å². The highest BCUT2D eigenvalue weighted by Crippen LogP contribution is 2.54. The Morgan fingerprint density at radius 3 is 1.46 bits per heavy atom. The lowest BCUT2D eigenvalue weighted by molar-refractivity contribution is 1.07. The van der Waals surface area contributed by atoms with E-state index in [0.717, 1.165) is 134 Å². The van der Waals surface area contributed by atoms with E-state index in [9.17, 15) is 0 Å². The molecule has 14 rings (SSSR count). The number of hydrogen-bond acceptors (Lipinski definition) is 7. The van der Waals surface area contributed by atoms with Gasteiger partial charge in [0.2, 0.25) is 0 Å². The number of pyridine rings is 6. The van der Waals surface area contributed by atoms with Crippen molar-refractivity contribution in [2.24, 2.45) is 0 Å². The Bertz CT molecular complexity index is 4070. The van der Waals surface area contributed by atoms with Gasteiger partial charge >= 0.3 is 0 Å². The minimum Gasteiger partial charge on any atom is -0.294 e. The summed E-state index contributed by atoms with van der Waals surface area (Å²) in [4.78, 5) is 32.6. The zero-order valence-corrected chi connectivity index (χ0v) is 38.7. The topological polar surface area (TPSA) is 85.5 Å². The second-order valence-electron chi connectivity index (χ2n) is 17.9. The number of aromatic nitrogens is 7. The van der Waals surface area contributed by atoms with Crippen LogP contribution < -0.4 is 4.90 Å². The Kier molecular flexibility index (Phi) is 9.67. The SMILES string of the molecule is c1ccc(-c2ccc3c(c2)c2cc4c(cc2n3-c2cc(-c3ccccn3)cc(-c3ccccn3)n2)N(c2cc(-c3ccccn3)cc(-c3ccccn3)n2)c2cccc3c(-c5ccccc5)ccc-4c23)cc1. The third-order valence-corrected chi connectivity index (χ3v) is 13.7. The van der Waals surface area contributed by atoms with E-state index in [1.165, 1.54) is 0 Å². The molecule has 0 saturated heterocycles. The quantitative estimate of drug-likeness (QED) is 0.150. The van der Waals surface area contributed by atoms with Gasteiger partial charge in [0.05, 0.1) is 56.6 Å². The standard InChI is InChI=1S/C64H40N8/c1-3-16-41(17-4-1)43-26-29-58-49(34-43)51-39-50-48-28-27-46(42-18-5-2-6-19-42)47-20-15-25-59(64(47)48)72(63-38-45(53-22-8-12-31-66-53)36-57(70-63)55-24-10-14-33-68-55)60(50)40-61(51)71(58)62-37-44(52-21-7-11-30-65-52)35-56(69-62)54-23-9-13-32-67-54/h1-40H. The summed E-state index contributed by atoms with van der Waals surface area (Å²) in [5.41, 5.74) is 17.4. The lowest BCUT2D eigenvalue weighted by Gasteiger charge is -2.34. The fourth-order valence-electron chi connectivity index (χ4n) is 10.5. The van der Waals surface area contributed by atoms with Crippen molar-refractivity contribution < 1.29 is 0 Å². The zero-order valence-electron chi connectivity index (χ0n) is 38.7. The third-order valence-electron chi connectivity index (χ3n) is 13.7. The molecular formula is C64H40N8. The Labute approximate surface area is 414 Å². The normalized spacial score (nSPS) is 11.9. The summed E-state index contributed by atoms with van der Waals surface area (Å²) >= 11 is 0. The van der Waals surface area contributed by atoms with E-state index in [-0.39, 0.29) is 0 Å². The molecule has 0 aliphatic carbocycles. The molecule has 0 N–H and O–H groups in total. The van der Waals surface area contributed by atoms with Crippen LogP contribution in [-0.4, -0.2) is 34.5 Å². The first-order chi connectivity index (χ1) is 35.7. The van der Waals surface area contributed by atoms with Crippen LogP contribution >= 0.6 is 0 Å². The minimum absolute atomic E-state index is 0.740. The average molecular weight is 921 g/mol. The van der Waals surface area contributed by atoms with Gasteiger partial charge in [-0.3, -0.25) is 29.4 Å². The first kappa shape index (κ1) is 41.1. The van der Waals surface area contributed by atoms with Crippen molar-refractivity contribution in [3.8, 4) is 84.5 Å². The van der Waals surface area contributed by atoms with Crippen molar-refractivity contribution in [3.05, 3.63) is 243 Å². The molecule has 336 valence electrons. The van der Waals surface area contributed by atoms with Crippen molar-refractivity contribution >= 4 is 49.8 Å². The summed E-state index contributed by atoms with van der Waals surface area (Å²) < 4.78 is 2.31. The van der Waals surface area contributed by atoms with Crippen LogP contribution in [0.4, 0.5) is 17.2 Å². The van der Waals surface area contributed by atoms with E-state index in [1.807, 2.05) is 97.6 Å². The summed E-state index contributed by atoms with van der Waals surface area (Å²) in [5.74, 6) is 1.49. The van der Waals surface area contributed by atoms with Gasteiger partial charge in [0, 0.05) is 57.6 Å². The molecule has 0 spiro atoms. The number of benzene rings is 6. The second-order valence-corrected chi connectivity index (χ2v) is 17.9. The van der Waals surface area contributed by atoms with Gasteiger partial charge in [0.1, 0.15) is 11.6 Å². The van der Waals surface area contributed by atoms with Gasteiger partial charge < -0.3 is 0 Å². The highest BCUT2D eigenvalue weighted by atomic mass is 15.2. The van der Waals surface area contributed by atoms with E-state index >= 15 is 0 Å². The molecule has 0 saturated carbocycles. The molecular weight excluding hydrogens is 881 g/mol. The molecule has 13 aromatic rings. The van der Waals surface area contributed by atoms with E-state index < -0.39 is 0 Å². The Hall–Kier alpha value is -9.92. The minimum atomic E-state index is 0.740.